The molecule has 0 aromatic carbocycles. The lowest BCUT2D eigenvalue weighted by Gasteiger charge is -2.26. The Morgan fingerprint density at radius 3 is 2.77 bits per heavy atom. The zero-order valence-corrected chi connectivity index (χ0v) is 15.4. The van der Waals surface area contributed by atoms with Gasteiger partial charge in [0.05, 0.1) is 24.5 Å². The Bertz CT molecular complexity index is 816. The lowest BCUT2D eigenvalue weighted by Crippen LogP contribution is -2.36. The van der Waals surface area contributed by atoms with Gasteiger partial charge in [-0.1, -0.05) is 6.08 Å². The van der Waals surface area contributed by atoms with E-state index in [9.17, 15) is 4.79 Å². The molecule has 2 aliphatic rings. The van der Waals surface area contributed by atoms with Crippen molar-refractivity contribution in [1.82, 2.24) is 24.5 Å². The summed E-state index contributed by atoms with van der Waals surface area (Å²) in [5.41, 5.74) is 2.46. The van der Waals surface area contributed by atoms with Crippen molar-refractivity contribution in [3.05, 3.63) is 36.3 Å². The highest BCUT2D eigenvalue weighted by molar-refractivity contribution is 5.91. The van der Waals surface area contributed by atoms with E-state index in [1.807, 2.05) is 34.7 Å². The number of hydrogen-bond donors (Lipinski definition) is 1. The second-order valence-corrected chi connectivity index (χ2v) is 7.34. The molecule has 1 N–H and O–H groups in total. The van der Waals surface area contributed by atoms with Gasteiger partial charge in [0, 0.05) is 32.4 Å². The SMILES string of the molecule is CC(C1CC1)n1nccc1NC(=O)CN1CC=C(c2ccnn2C)CC1. The van der Waals surface area contributed by atoms with Crippen LogP contribution in [0, 0.1) is 5.92 Å². The highest BCUT2D eigenvalue weighted by Gasteiger charge is 2.30. The molecule has 3 heterocycles. The average molecular weight is 354 g/mol. The standard InChI is InChI=1S/C19H26N6O/c1-14(15-3-4-15)25-18(6-10-21-25)22-19(26)13-24-11-7-16(8-12-24)17-5-9-20-23(17)2/h5-7,9-10,14-15H,3-4,8,11-13H2,1-2H3,(H,22,26). The molecule has 0 bridgehead atoms. The molecular formula is C19H26N6O. The summed E-state index contributed by atoms with van der Waals surface area (Å²) in [7, 11) is 1.96. The van der Waals surface area contributed by atoms with Crippen LogP contribution in [0.25, 0.3) is 5.57 Å². The monoisotopic (exact) mass is 354 g/mol. The highest BCUT2D eigenvalue weighted by atomic mass is 16.2. The fourth-order valence-electron chi connectivity index (χ4n) is 3.68. The Hall–Kier alpha value is -2.41. The smallest absolute Gasteiger partial charge is 0.239 e. The Balaban J connectivity index is 1.33. The normalized spacial score (nSPS) is 19.2. The molecule has 1 atom stereocenters. The summed E-state index contributed by atoms with van der Waals surface area (Å²) < 4.78 is 3.85. The van der Waals surface area contributed by atoms with Crippen LogP contribution in [0.5, 0.6) is 0 Å². The number of carbonyl (C=O) groups is 1. The van der Waals surface area contributed by atoms with E-state index >= 15 is 0 Å². The summed E-state index contributed by atoms with van der Waals surface area (Å²) in [6.07, 6.45) is 9.23. The van der Waals surface area contributed by atoms with Gasteiger partial charge in [-0.15, -0.1) is 0 Å². The third-order valence-corrected chi connectivity index (χ3v) is 5.44. The largest absolute Gasteiger partial charge is 0.310 e. The van der Waals surface area contributed by atoms with Crippen molar-refractivity contribution in [2.45, 2.75) is 32.2 Å². The van der Waals surface area contributed by atoms with Gasteiger partial charge >= 0.3 is 0 Å². The zero-order chi connectivity index (χ0) is 18.1. The number of aryl methyl sites for hydroxylation is 1. The van der Waals surface area contributed by atoms with Gasteiger partial charge in [0.25, 0.3) is 0 Å². The molecule has 26 heavy (non-hydrogen) atoms. The average Bonchev–Trinajstić information content (AvgIpc) is 3.24. The highest BCUT2D eigenvalue weighted by Crippen LogP contribution is 2.40. The molecule has 1 aliphatic heterocycles. The Kier molecular flexibility index (Phi) is 4.63. The van der Waals surface area contributed by atoms with Crippen molar-refractivity contribution in [3.63, 3.8) is 0 Å². The van der Waals surface area contributed by atoms with Crippen LogP contribution in [-0.2, 0) is 11.8 Å². The minimum absolute atomic E-state index is 0.0205. The molecule has 2 aromatic heterocycles. The van der Waals surface area contributed by atoms with E-state index in [1.165, 1.54) is 18.4 Å². The van der Waals surface area contributed by atoms with Gasteiger partial charge < -0.3 is 5.32 Å². The molecule has 1 aliphatic carbocycles. The van der Waals surface area contributed by atoms with Crippen LogP contribution in [0.4, 0.5) is 5.82 Å². The molecule has 7 heteroatoms. The van der Waals surface area contributed by atoms with Gasteiger partial charge in [0.1, 0.15) is 5.82 Å². The molecule has 0 saturated heterocycles. The number of amides is 1. The second-order valence-electron chi connectivity index (χ2n) is 7.34. The molecule has 1 saturated carbocycles. The van der Waals surface area contributed by atoms with E-state index in [1.54, 1.807) is 6.20 Å². The first-order valence-electron chi connectivity index (χ1n) is 9.35. The van der Waals surface area contributed by atoms with Gasteiger partial charge in [0.2, 0.25) is 5.91 Å². The topological polar surface area (TPSA) is 68.0 Å². The van der Waals surface area contributed by atoms with Gasteiger partial charge in [-0.3, -0.25) is 14.4 Å². The number of nitrogens with one attached hydrogen (secondary N) is 1. The molecule has 1 unspecified atom stereocenters. The lowest BCUT2D eigenvalue weighted by atomic mass is 10.0. The van der Waals surface area contributed by atoms with Crippen molar-refractivity contribution in [3.8, 4) is 0 Å². The molecule has 1 amide bonds. The van der Waals surface area contributed by atoms with E-state index in [0.29, 0.717) is 18.5 Å². The van der Waals surface area contributed by atoms with Crippen molar-refractivity contribution >= 4 is 17.3 Å². The molecular weight excluding hydrogens is 328 g/mol. The summed E-state index contributed by atoms with van der Waals surface area (Å²) in [5, 5.41) is 11.7. The fraction of sp³-hybridized carbons (Fsp3) is 0.526. The van der Waals surface area contributed by atoms with E-state index < -0.39 is 0 Å². The van der Waals surface area contributed by atoms with Gasteiger partial charge in [0.15, 0.2) is 0 Å². The van der Waals surface area contributed by atoms with E-state index in [-0.39, 0.29) is 5.91 Å². The first-order valence-corrected chi connectivity index (χ1v) is 9.35. The molecule has 2 aromatic rings. The first-order chi connectivity index (χ1) is 12.6. The molecule has 4 rings (SSSR count). The molecule has 138 valence electrons. The van der Waals surface area contributed by atoms with Crippen LogP contribution in [0.1, 0.15) is 37.9 Å². The van der Waals surface area contributed by atoms with Crippen molar-refractivity contribution in [2.75, 3.05) is 25.0 Å². The first kappa shape index (κ1) is 17.0. The number of anilines is 1. The predicted octanol–water partition coefficient (Wildman–Crippen LogP) is 2.32. The van der Waals surface area contributed by atoms with Crippen LogP contribution in [-0.4, -0.2) is 50.0 Å². The predicted molar refractivity (Wildman–Crippen MR) is 101 cm³/mol. The van der Waals surface area contributed by atoms with Gasteiger partial charge in [-0.05, 0) is 43.7 Å². The summed E-state index contributed by atoms with van der Waals surface area (Å²) >= 11 is 0. The van der Waals surface area contributed by atoms with Crippen LogP contribution in [0.3, 0.4) is 0 Å². The number of aromatic nitrogens is 4. The third kappa shape index (κ3) is 3.58. The third-order valence-electron chi connectivity index (χ3n) is 5.44. The Morgan fingerprint density at radius 2 is 2.12 bits per heavy atom. The Morgan fingerprint density at radius 1 is 1.31 bits per heavy atom. The van der Waals surface area contributed by atoms with Crippen molar-refractivity contribution in [2.24, 2.45) is 13.0 Å². The quantitative estimate of drug-likeness (QED) is 0.864. The van der Waals surface area contributed by atoms with Gasteiger partial charge in [-0.2, -0.15) is 10.2 Å². The van der Waals surface area contributed by atoms with Crippen LogP contribution >= 0.6 is 0 Å². The van der Waals surface area contributed by atoms with Crippen molar-refractivity contribution in [1.29, 1.82) is 0 Å². The number of carbonyl (C=O) groups excluding carboxylic acids is 1. The molecule has 0 radical (unpaired) electrons. The zero-order valence-electron chi connectivity index (χ0n) is 15.4. The molecule has 1 fully saturated rings. The summed E-state index contributed by atoms with van der Waals surface area (Å²) in [6.45, 7) is 4.24. The summed E-state index contributed by atoms with van der Waals surface area (Å²) in [6, 6.07) is 4.27. The van der Waals surface area contributed by atoms with E-state index in [4.69, 9.17) is 0 Å². The minimum atomic E-state index is 0.0205. The van der Waals surface area contributed by atoms with Crippen molar-refractivity contribution < 1.29 is 4.79 Å². The number of rotatable bonds is 6. The Labute approximate surface area is 153 Å². The maximum atomic E-state index is 12.5. The lowest BCUT2D eigenvalue weighted by molar-refractivity contribution is -0.117. The van der Waals surface area contributed by atoms with E-state index in [0.717, 1.165) is 31.0 Å². The number of nitrogens with zero attached hydrogens (tertiary/aromatic N) is 5. The number of hydrogen-bond acceptors (Lipinski definition) is 4. The molecule has 0 spiro atoms. The van der Waals surface area contributed by atoms with Crippen LogP contribution < -0.4 is 5.32 Å². The summed E-state index contributed by atoms with van der Waals surface area (Å²) in [4.78, 5) is 14.6. The molecule has 7 nitrogen and oxygen atoms in total. The maximum absolute atomic E-state index is 12.5. The minimum Gasteiger partial charge on any atom is -0.310 e. The van der Waals surface area contributed by atoms with Crippen LogP contribution in [0.2, 0.25) is 0 Å². The maximum Gasteiger partial charge on any atom is 0.239 e. The fourth-order valence-corrected chi connectivity index (χ4v) is 3.68. The summed E-state index contributed by atoms with van der Waals surface area (Å²) in [5.74, 6) is 1.52. The van der Waals surface area contributed by atoms with E-state index in [2.05, 4.69) is 33.4 Å². The van der Waals surface area contributed by atoms with Crippen LogP contribution in [0.15, 0.2) is 30.6 Å². The second kappa shape index (κ2) is 7.07. The van der Waals surface area contributed by atoms with Gasteiger partial charge in [-0.25, -0.2) is 4.68 Å².